The molecule has 0 aromatic heterocycles. The van der Waals surface area contributed by atoms with E-state index in [1.165, 1.54) is 12.0 Å². The SMILES string of the molecule is CCCOc1cc(C)c(C)cc1C(=O)CN1CC(C)CC(C)C1. The lowest BCUT2D eigenvalue weighted by atomic mass is 9.91. The van der Waals surface area contributed by atoms with Crippen LogP contribution < -0.4 is 4.74 Å². The molecule has 0 aliphatic carbocycles. The number of hydrogen-bond acceptors (Lipinski definition) is 3. The molecule has 1 aliphatic heterocycles. The molecule has 1 aromatic rings. The Kier molecular flexibility index (Phi) is 6.23. The summed E-state index contributed by atoms with van der Waals surface area (Å²) in [5.74, 6) is 2.27. The smallest absolute Gasteiger partial charge is 0.180 e. The molecule has 2 atom stereocenters. The molecule has 1 aliphatic rings. The maximum atomic E-state index is 12.9. The number of hydrogen-bond donors (Lipinski definition) is 0. The molecule has 0 spiro atoms. The first-order chi connectivity index (χ1) is 10.9. The van der Waals surface area contributed by atoms with Gasteiger partial charge in [-0.05, 0) is 61.8 Å². The number of carbonyl (C=O) groups excluding carboxylic acids is 1. The molecule has 2 unspecified atom stereocenters. The number of ketones is 1. The molecule has 0 radical (unpaired) electrons. The van der Waals surface area contributed by atoms with Crippen LogP contribution in [0.2, 0.25) is 0 Å². The summed E-state index contributed by atoms with van der Waals surface area (Å²) >= 11 is 0. The molecule has 3 heteroatoms. The van der Waals surface area contributed by atoms with Crippen molar-refractivity contribution in [3.63, 3.8) is 0 Å². The van der Waals surface area contributed by atoms with Gasteiger partial charge in [-0.2, -0.15) is 0 Å². The van der Waals surface area contributed by atoms with Crippen molar-refractivity contribution < 1.29 is 9.53 Å². The Morgan fingerprint density at radius 3 is 2.39 bits per heavy atom. The average Bonchev–Trinajstić information content (AvgIpc) is 2.46. The van der Waals surface area contributed by atoms with Gasteiger partial charge in [-0.15, -0.1) is 0 Å². The van der Waals surface area contributed by atoms with Crippen molar-refractivity contribution in [3.8, 4) is 5.75 Å². The highest BCUT2D eigenvalue weighted by atomic mass is 16.5. The van der Waals surface area contributed by atoms with Crippen molar-refractivity contribution in [1.82, 2.24) is 4.90 Å². The van der Waals surface area contributed by atoms with Crippen molar-refractivity contribution in [2.24, 2.45) is 11.8 Å². The van der Waals surface area contributed by atoms with Crippen LogP contribution in [0.4, 0.5) is 0 Å². The minimum atomic E-state index is 0.181. The fraction of sp³-hybridized carbons (Fsp3) is 0.650. The molecule has 0 N–H and O–H groups in total. The van der Waals surface area contributed by atoms with E-state index in [4.69, 9.17) is 4.74 Å². The first kappa shape index (κ1) is 18.0. The van der Waals surface area contributed by atoms with Gasteiger partial charge in [-0.25, -0.2) is 0 Å². The van der Waals surface area contributed by atoms with Crippen LogP contribution in [-0.4, -0.2) is 36.9 Å². The molecule has 1 saturated heterocycles. The van der Waals surface area contributed by atoms with Crippen molar-refractivity contribution >= 4 is 5.78 Å². The summed E-state index contributed by atoms with van der Waals surface area (Å²) in [6.07, 6.45) is 2.21. The number of rotatable bonds is 6. The normalized spacial score (nSPS) is 22.1. The average molecular weight is 317 g/mol. The van der Waals surface area contributed by atoms with Crippen molar-refractivity contribution in [2.75, 3.05) is 26.2 Å². The summed E-state index contributed by atoms with van der Waals surface area (Å²) in [5.41, 5.74) is 3.07. The molecule has 23 heavy (non-hydrogen) atoms. The van der Waals surface area contributed by atoms with Crippen molar-refractivity contribution in [1.29, 1.82) is 0 Å². The van der Waals surface area contributed by atoms with E-state index in [-0.39, 0.29) is 5.78 Å². The number of piperidine rings is 1. The van der Waals surface area contributed by atoms with E-state index in [1.54, 1.807) is 0 Å². The van der Waals surface area contributed by atoms with E-state index in [1.807, 2.05) is 12.1 Å². The van der Waals surface area contributed by atoms with Gasteiger partial charge in [0, 0.05) is 13.1 Å². The van der Waals surface area contributed by atoms with Crippen molar-refractivity contribution in [2.45, 2.75) is 47.5 Å². The predicted molar refractivity (Wildman–Crippen MR) is 95.4 cm³/mol. The van der Waals surface area contributed by atoms with Gasteiger partial charge in [0.15, 0.2) is 5.78 Å². The summed E-state index contributed by atoms with van der Waals surface area (Å²) in [5, 5.41) is 0. The third-order valence-electron chi connectivity index (χ3n) is 4.67. The second kappa shape index (κ2) is 7.96. The Hall–Kier alpha value is -1.35. The topological polar surface area (TPSA) is 29.5 Å². The summed E-state index contributed by atoms with van der Waals surface area (Å²) in [6.45, 7) is 14.0. The minimum absolute atomic E-state index is 0.181. The summed E-state index contributed by atoms with van der Waals surface area (Å²) < 4.78 is 5.84. The van der Waals surface area contributed by atoms with Gasteiger partial charge in [-0.1, -0.05) is 20.8 Å². The molecule has 1 aromatic carbocycles. The number of nitrogens with zero attached hydrogens (tertiary/aromatic N) is 1. The van der Waals surface area contributed by atoms with Crippen LogP contribution in [0, 0.1) is 25.7 Å². The lowest BCUT2D eigenvalue weighted by Crippen LogP contribution is -2.41. The molecule has 3 nitrogen and oxygen atoms in total. The maximum absolute atomic E-state index is 12.9. The highest BCUT2D eigenvalue weighted by molar-refractivity contribution is 6.00. The highest BCUT2D eigenvalue weighted by Crippen LogP contribution is 2.26. The third kappa shape index (κ3) is 4.81. The first-order valence-electron chi connectivity index (χ1n) is 8.90. The van der Waals surface area contributed by atoms with Gasteiger partial charge in [0.1, 0.15) is 5.75 Å². The standard InChI is InChI=1S/C20H31NO2/c1-6-7-23-20-10-17(5)16(4)9-18(20)19(22)13-21-11-14(2)8-15(3)12-21/h9-10,14-15H,6-8,11-13H2,1-5H3. The monoisotopic (exact) mass is 317 g/mol. The lowest BCUT2D eigenvalue weighted by molar-refractivity contribution is 0.0845. The molecule has 128 valence electrons. The first-order valence-corrected chi connectivity index (χ1v) is 8.90. The largest absolute Gasteiger partial charge is 0.493 e. The molecule has 0 amide bonds. The Morgan fingerprint density at radius 2 is 1.78 bits per heavy atom. The van der Waals surface area contributed by atoms with E-state index in [0.717, 1.165) is 36.4 Å². The van der Waals surface area contributed by atoms with Crippen LogP contribution in [0.3, 0.4) is 0 Å². The van der Waals surface area contributed by atoms with Crippen LogP contribution in [0.5, 0.6) is 5.75 Å². The molecular weight excluding hydrogens is 286 g/mol. The summed E-state index contributed by atoms with van der Waals surface area (Å²) in [7, 11) is 0. The number of likely N-dealkylation sites (tertiary alicyclic amines) is 1. The zero-order valence-corrected chi connectivity index (χ0v) is 15.3. The number of ether oxygens (including phenoxy) is 1. The zero-order valence-electron chi connectivity index (χ0n) is 15.3. The number of aryl methyl sites for hydroxylation is 2. The fourth-order valence-electron chi connectivity index (χ4n) is 3.55. The Bertz CT molecular complexity index is 543. The maximum Gasteiger partial charge on any atom is 0.180 e. The van der Waals surface area contributed by atoms with Gasteiger partial charge >= 0.3 is 0 Å². The van der Waals surface area contributed by atoms with E-state index < -0.39 is 0 Å². The van der Waals surface area contributed by atoms with Crippen LogP contribution >= 0.6 is 0 Å². The van der Waals surface area contributed by atoms with Gasteiger partial charge < -0.3 is 4.74 Å². The summed E-state index contributed by atoms with van der Waals surface area (Å²) in [4.78, 5) is 15.2. The number of Topliss-reactive ketones (excluding diaryl/α,β-unsaturated/α-hetero) is 1. The Labute approximate surface area is 141 Å². The number of benzene rings is 1. The molecule has 0 saturated carbocycles. The molecule has 1 heterocycles. The zero-order chi connectivity index (χ0) is 17.0. The molecule has 1 fully saturated rings. The highest BCUT2D eigenvalue weighted by Gasteiger charge is 2.25. The predicted octanol–water partition coefficient (Wildman–Crippen LogP) is 4.25. The molecule has 2 rings (SSSR count). The van der Waals surface area contributed by atoms with Gasteiger partial charge in [0.25, 0.3) is 0 Å². The Balaban J connectivity index is 2.15. The lowest BCUT2D eigenvalue weighted by Gasteiger charge is -2.34. The van der Waals surface area contributed by atoms with Crippen molar-refractivity contribution in [3.05, 3.63) is 28.8 Å². The second-order valence-corrected chi connectivity index (χ2v) is 7.34. The van der Waals surface area contributed by atoms with E-state index in [2.05, 4.69) is 39.5 Å². The van der Waals surface area contributed by atoms with Gasteiger partial charge in [0.2, 0.25) is 0 Å². The molecule has 0 bridgehead atoms. The van der Waals surface area contributed by atoms with E-state index >= 15 is 0 Å². The second-order valence-electron chi connectivity index (χ2n) is 7.34. The van der Waals surface area contributed by atoms with Crippen LogP contribution in [-0.2, 0) is 0 Å². The third-order valence-corrected chi connectivity index (χ3v) is 4.67. The van der Waals surface area contributed by atoms with E-state index in [9.17, 15) is 4.79 Å². The Morgan fingerprint density at radius 1 is 1.17 bits per heavy atom. The minimum Gasteiger partial charge on any atom is -0.493 e. The van der Waals surface area contributed by atoms with Gasteiger partial charge in [0.05, 0.1) is 18.7 Å². The fourth-order valence-corrected chi connectivity index (χ4v) is 3.55. The van der Waals surface area contributed by atoms with Gasteiger partial charge in [-0.3, -0.25) is 9.69 Å². The van der Waals surface area contributed by atoms with E-state index in [0.29, 0.717) is 25.0 Å². The van der Waals surface area contributed by atoms with Crippen LogP contribution in [0.15, 0.2) is 12.1 Å². The summed E-state index contributed by atoms with van der Waals surface area (Å²) in [6, 6.07) is 4.01. The molecular formula is C20H31NO2. The number of carbonyl (C=O) groups is 1. The van der Waals surface area contributed by atoms with Crippen LogP contribution in [0.1, 0.15) is 55.1 Å². The van der Waals surface area contributed by atoms with Crippen LogP contribution in [0.25, 0.3) is 0 Å². The quantitative estimate of drug-likeness (QED) is 0.735.